The number of aromatic carboxylic acids is 1. The van der Waals surface area contributed by atoms with Gasteiger partial charge in [0.1, 0.15) is 5.56 Å². The van der Waals surface area contributed by atoms with Crippen LogP contribution in [-0.4, -0.2) is 23.2 Å². The molecule has 1 aromatic carbocycles. The molecule has 0 saturated carbocycles. The van der Waals surface area contributed by atoms with E-state index in [0.29, 0.717) is 0 Å². The lowest BCUT2D eigenvalue weighted by molar-refractivity contribution is 0.0692. The summed E-state index contributed by atoms with van der Waals surface area (Å²) in [7, 11) is 1.41. The standard InChI is InChI=1S/C17H19NO3/c1-17(2,3)13-7-5-11(6-8-13)12-9-14(16(19)20)15(21-4)18-10-12/h5-10H,1-4H3,(H,19,20). The van der Waals surface area contributed by atoms with Crippen molar-refractivity contribution in [1.82, 2.24) is 4.98 Å². The van der Waals surface area contributed by atoms with Crippen LogP contribution in [0.15, 0.2) is 36.5 Å². The van der Waals surface area contributed by atoms with Gasteiger partial charge in [-0.3, -0.25) is 0 Å². The first kappa shape index (κ1) is 15.0. The highest BCUT2D eigenvalue weighted by Gasteiger charge is 2.15. The molecule has 21 heavy (non-hydrogen) atoms. The second kappa shape index (κ2) is 5.56. The zero-order valence-electron chi connectivity index (χ0n) is 12.7. The van der Waals surface area contributed by atoms with E-state index < -0.39 is 5.97 Å². The van der Waals surface area contributed by atoms with Gasteiger partial charge in [0.05, 0.1) is 7.11 Å². The highest BCUT2D eigenvalue weighted by Crippen LogP contribution is 2.28. The first-order valence-corrected chi connectivity index (χ1v) is 6.71. The first-order chi connectivity index (χ1) is 9.82. The molecule has 0 amide bonds. The Balaban J connectivity index is 2.43. The average Bonchev–Trinajstić information content (AvgIpc) is 2.45. The van der Waals surface area contributed by atoms with Gasteiger partial charge in [0.25, 0.3) is 0 Å². The van der Waals surface area contributed by atoms with Gasteiger partial charge in [0.2, 0.25) is 5.88 Å². The van der Waals surface area contributed by atoms with E-state index in [-0.39, 0.29) is 16.9 Å². The minimum atomic E-state index is -1.05. The summed E-state index contributed by atoms with van der Waals surface area (Å²) in [6, 6.07) is 9.66. The summed E-state index contributed by atoms with van der Waals surface area (Å²) in [4.78, 5) is 15.3. The lowest BCUT2D eigenvalue weighted by Gasteiger charge is -2.19. The van der Waals surface area contributed by atoms with E-state index in [9.17, 15) is 9.90 Å². The molecule has 0 aliphatic heterocycles. The van der Waals surface area contributed by atoms with E-state index in [4.69, 9.17) is 4.74 Å². The number of pyridine rings is 1. The monoisotopic (exact) mass is 285 g/mol. The van der Waals surface area contributed by atoms with Crippen LogP contribution in [0.4, 0.5) is 0 Å². The molecule has 0 radical (unpaired) electrons. The second-order valence-electron chi connectivity index (χ2n) is 5.91. The number of rotatable bonds is 3. The zero-order valence-corrected chi connectivity index (χ0v) is 12.7. The van der Waals surface area contributed by atoms with Crippen LogP contribution < -0.4 is 4.74 Å². The van der Waals surface area contributed by atoms with Crippen molar-refractivity contribution in [1.29, 1.82) is 0 Å². The number of benzene rings is 1. The molecule has 2 aromatic rings. The minimum absolute atomic E-state index is 0.0647. The molecule has 2 rings (SSSR count). The molecule has 1 aromatic heterocycles. The van der Waals surface area contributed by atoms with Gasteiger partial charge < -0.3 is 9.84 Å². The molecule has 1 heterocycles. The molecule has 0 atom stereocenters. The van der Waals surface area contributed by atoms with Gasteiger partial charge in [-0.25, -0.2) is 9.78 Å². The van der Waals surface area contributed by atoms with Crippen molar-refractivity contribution in [2.45, 2.75) is 26.2 Å². The topological polar surface area (TPSA) is 59.4 Å². The zero-order chi connectivity index (χ0) is 15.6. The number of hydrogen-bond acceptors (Lipinski definition) is 3. The quantitative estimate of drug-likeness (QED) is 0.933. The number of methoxy groups -OCH3 is 1. The molecule has 0 unspecified atom stereocenters. The van der Waals surface area contributed by atoms with Gasteiger partial charge in [-0.1, -0.05) is 45.0 Å². The van der Waals surface area contributed by atoms with Crippen molar-refractivity contribution in [3.05, 3.63) is 47.7 Å². The summed E-state index contributed by atoms with van der Waals surface area (Å²) >= 11 is 0. The van der Waals surface area contributed by atoms with E-state index in [1.54, 1.807) is 12.3 Å². The Bertz CT molecular complexity index is 655. The molecule has 4 nitrogen and oxygen atoms in total. The third-order valence-corrected chi connectivity index (χ3v) is 3.36. The Kier molecular flexibility index (Phi) is 3.98. The van der Waals surface area contributed by atoms with E-state index in [1.165, 1.54) is 12.7 Å². The predicted molar refractivity (Wildman–Crippen MR) is 81.9 cm³/mol. The third kappa shape index (κ3) is 3.21. The molecule has 0 spiro atoms. The normalized spacial score (nSPS) is 11.2. The maximum absolute atomic E-state index is 11.2. The average molecular weight is 285 g/mol. The number of hydrogen-bond donors (Lipinski definition) is 1. The van der Waals surface area contributed by atoms with Gasteiger partial charge in [-0.2, -0.15) is 0 Å². The Morgan fingerprint density at radius 3 is 2.24 bits per heavy atom. The van der Waals surface area contributed by atoms with Crippen molar-refractivity contribution in [2.24, 2.45) is 0 Å². The maximum Gasteiger partial charge on any atom is 0.341 e. The number of carboxylic acid groups (broad SMARTS) is 1. The van der Waals surface area contributed by atoms with Crippen LogP contribution in [0.5, 0.6) is 5.88 Å². The number of ether oxygens (including phenoxy) is 1. The van der Waals surface area contributed by atoms with Gasteiger partial charge in [-0.05, 0) is 22.6 Å². The van der Waals surface area contributed by atoms with Gasteiger partial charge in [-0.15, -0.1) is 0 Å². The molecule has 110 valence electrons. The van der Waals surface area contributed by atoms with Crippen molar-refractivity contribution in [3.63, 3.8) is 0 Å². The molecule has 0 aliphatic rings. The van der Waals surface area contributed by atoms with Crippen LogP contribution >= 0.6 is 0 Å². The second-order valence-corrected chi connectivity index (χ2v) is 5.91. The van der Waals surface area contributed by atoms with Crippen LogP contribution in [0.2, 0.25) is 0 Å². The van der Waals surface area contributed by atoms with Crippen LogP contribution in [0, 0.1) is 0 Å². The number of nitrogens with zero attached hydrogens (tertiary/aromatic N) is 1. The van der Waals surface area contributed by atoms with Crippen molar-refractivity contribution < 1.29 is 14.6 Å². The van der Waals surface area contributed by atoms with Crippen molar-refractivity contribution in [3.8, 4) is 17.0 Å². The lowest BCUT2D eigenvalue weighted by Crippen LogP contribution is -2.10. The highest BCUT2D eigenvalue weighted by molar-refractivity contribution is 5.91. The Hall–Kier alpha value is -2.36. The van der Waals surface area contributed by atoms with Crippen molar-refractivity contribution in [2.75, 3.05) is 7.11 Å². The Morgan fingerprint density at radius 1 is 1.14 bits per heavy atom. The number of carbonyl (C=O) groups is 1. The SMILES string of the molecule is COc1ncc(-c2ccc(C(C)(C)C)cc2)cc1C(=O)O. The molecular weight excluding hydrogens is 266 g/mol. The van der Waals surface area contributed by atoms with Crippen LogP contribution in [-0.2, 0) is 5.41 Å². The summed E-state index contributed by atoms with van der Waals surface area (Å²) in [6.45, 7) is 6.46. The fourth-order valence-corrected chi connectivity index (χ4v) is 2.09. The molecule has 0 saturated heterocycles. The summed E-state index contributed by atoms with van der Waals surface area (Å²) < 4.78 is 4.97. The largest absolute Gasteiger partial charge is 0.480 e. The van der Waals surface area contributed by atoms with Crippen LogP contribution in [0.3, 0.4) is 0 Å². The number of carboxylic acids is 1. The van der Waals surface area contributed by atoms with E-state index in [1.807, 2.05) is 12.1 Å². The molecule has 0 bridgehead atoms. The summed E-state index contributed by atoms with van der Waals surface area (Å²) in [5.41, 5.74) is 3.07. The van der Waals surface area contributed by atoms with Crippen LogP contribution in [0.25, 0.3) is 11.1 Å². The predicted octanol–water partition coefficient (Wildman–Crippen LogP) is 3.75. The Labute approximate surface area is 124 Å². The molecule has 0 aliphatic carbocycles. The third-order valence-electron chi connectivity index (χ3n) is 3.36. The molecular formula is C17H19NO3. The number of aromatic nitrogens is 1. The highest BCUT2D eigenvalue weighted by atomic mass is 16.5. The summed E-state index contributed by atoms with van der Waals surface area (Å²) in [6.07, 6.45) is 1.62. The molecule has 1 N–H and O–H groups in total. The van der Waals surface area contributed by atoms with Gasteiger partial charge in [0.15, 0.2) is 0 Å². The molecule has 4 heteroatoms. The van der Waals surface area contributed by atoms with E-state index in [2.05, 4.69) is 37.9 Å². The fraction of sp³-hybridized carbons (Fsp3) is 0.294. The van der Waals surface area contributed by atoms with Crippen LogP contribution in [0.1, 0.15) is 36.7 Å². The molecule has 0 fully saturated rings. The first-order valence-electron chi connectivity index (χ1n) is 6.71. The van der Waals surface area contributed by atoms with E-state index >= 15 is 0 Å². The van der Waals surface area contributed by atoms with E-state index in [0.717, 1.165) is 11.1 Å². The Morgan fingerprint density at radius 2 is 1.76 bits per heavy atom. The minimum Gasteiger partial charge on any atom is -0.480 e. The lowest BCUT2D eigenvalue weighted by atomic mass is 9.86. The van der Waals surface area contributed by atoms with Crippen molar-refractivity contribution >= 4 is 5.97 Å². The van der Waals surface area contributed by atoms with Gasteiger partial charge in [0, 0.05) is 11.8 Å². The summed E-state index contributed by atoms with van der Waals surface area (Å²) in [5.74, 6) is -0.926. The summed E-state index contributed by atoms with van der Waals surface area (Å²) in [5, 5.41) is 9.20. The maximum atomic E-state index is 11.2. The smallest absolute Gasteiger partial charge is 0.341 e. The fourth-order valence-electron chi connectivity index (χ4n) is 2.09. The van der Waals surface area contributed by atoms with Gasteiger partial charge >= 0.3 is 5.97 Å².